The van der Waals surface area contributed by atoms with Crippen molar-refractivity contribution in [3.05, 3.63) is 11.9 Å². The van der Waals surface area contributed by atoms with E-state index >= 15 is 0 Å². The number of amidine groups is 1. The summed E-state index contributed by atoms with van der Waals surface area (Å²) in [5, 5.41) is 0. The zero-order valence-corrected chi connectivity index (χ0v) is 8.14. The first kappa shape index (κ1) is 9.38. The summed E-state index contributed by atoms with van der Waals surface area (Å²) in [6.07, 6.45) is 2.99. The first-order valence-corrected chi connectivity index (χ1v) is 4.33. The highest BCUT2D eigenvalue weighted by atomic mass is 16.1. The van der Waals surface area contributed by atoms with E-state index in [1.807, 2.05) is 6.92 Å². The molecule has 7 heteroatoms. The number of amides is 1. The second kappa shape index (κ2) is 3.52. The Labute approximate surface area is 85.7 Å². The lowest BCUT2D eigenvalue weighted by atomic mass is 10.5. The van der Waals surface area contributed by atoms with Gasteiger partial charge in [0.15, 0.2) is 0 Å². The van der Waals surface area contributed by atoms with Gasteiger partial charge < -0.3 is 10.7 Å². The van der Waals surface area contributed by atoms with Crippen molar-refractivity contribution in [2.75, 3.05) is 11.6 Å². The van der Waals surface area contributed by atoms with E-state index in [4.69, 9.17) is 5.73 Å². The molecule has 0 aromatic carbocycles. The third-order valence-electron chi connectivity index (χ3n) is 1.94. The maximum absolute atomic E-state index is 10.8. The van der Waals surface area contributed by atoms with Crippen molar-refractivity contribution >= 4 is 24.0 Å². The van der Waals surface area contributed by atoms with Gasteiger partial charge >= 0.3 is 0 Å². The summed E-state index contributed by atoms with van der Waals surface area (Å²) in [7, 11) is 0. The fourth-order valence-electron chi connectivity index (χ4n) is 1.11. The number of nitrogens with zero attached hydrogens (tertiary/aromatic N) is 4. The minimum absolute atomic E-state index is 0.268. The molecule has 0 atom stereocenters. The molecule has 1 aromatic rings. The lowest BCUT2D eigenvalue weighted by Crippen LogP contribution is -2.26. The average Bonchev–Trinajstić information content (AvgIpc) is 2.68. The minimum Gasteiger partial charge on any atom is -0.364 e. The van der Waals surface area contributed by atoms with E-state index in [0.717, 1.165) is 0 Å². The lowest BCUT2D eigenvalue weighted by molar-refractivity contribution is 0.0996. The predicted molar refractivity (Wildman–Crippen MR) is 56.1 cm³/mol. The number of imidazole rings is 1. The van der Waals surface area contributed by atoms with Crippen LogP contribution < -0.4 is 10.6 Å². The summed E-state index contributed by atoms with van der Waals surface area (Å²) in [5.41, 5.74) is 5.36. The molecule has 78 valence electrons. The van der Waals surface area contributed by atoms with Crippen molar-refractivity contribution in [1.29, 1.82) is 0 Å². The largest absolute Gasteiger partial charge is 0.364 e. The van der Waals surface area contributed by atoms with Crippen molar-refractivity contribution < 1.29 is 4.79 Å². The molecule has 1 amide bonds. The van der Waals surface area contributed by atoms with Gasteiger partial charge in [-0.3, -0.25) is 9.69 Å². The molecule has 2 rings (SSSR count). The standard InChI is InChI=1S/C8H10N6O/c1-5-11-3-14(4-12-5)8-10-2-6(13-8)7(9)15/h2-3H,4H2,1H3,(H2,9,15)(H,10,13). The summed E-state index contributed by atoms with van der Waals surface area (Å²) < 4.78 is 0. The number of aromatic nitrogens is 2. The van der Waals surface area contributed by atoms with Crippen LogP contribution in [0, 0.1) is 0 Å². The number of aliphatic imine (C=N–C) groups is 2. The van der Waals surface area contributed by atoms with Gasteiger partial charge in [0.05, 0.1) is 6.20 Å². The van der Waals surface area contributed by atoms with E-state index in [1.165, 1.54) is 6.20 Å². The van der Waals surface area contributed by atoms with Crippen molar-refractivity contribution in [3.63, 3.8) is 0 Å². The number of hydrogen-bond donors (Lipinski definition) is 2. The van der Waals surface area contributed by atoms with Crippen LogP contribution in [0.2, 0.25) is 0 Å². The van der Waals surface area contributed by atoms with E-state index in [2.05, 4.69) is 20.0 Å². The number of rotatable bonds is 2. The number of anilines is 1. The third-order valence-corrected chi connectivity index (χ3v) is 1.94. The Morgan fingerprint density at radius 1 is 1.67 bits per heavy atom. The fraction of sp³-hybridized carbons (Fsp3) is 0.250. The molecule has 0 bridgehead atoms. The molecular formula is C8H10N6O. The summed E-state index contributed by atoms with van der Waals surface area (Å²) in [5.74, 6) is 0.680. The second-order valence-electron chi connectivity index (χ2n) is 3.05. The topological polar surface area (TPSA) is 99.7 Å². The monoisotopic (exact) mass is 206 g/mol. The van der Waals surface area contributed by atoms with Crippen molar-refractivity contribution in [2.24, 2.45) is 15.7 Å². The zero-order chi connectivity index (χ0) is 10.8. The number of carbonyl (C=O) groups excluding carboxylic acids is 1. The lowest BCUT2D eigenvalue weighted by Gasteiger charge is -2.16. The zero-order valence-electron chi connectivity index (χ0n) is 8.14. The molecule has 2 heterocycles. The predicted octanol–water partition coefficient (Wildman–Crippen LogP) is -0.267. The van der Waals surface area contributed by atoms with Crippen molar-refractivity contribution in [2.45, 2.75) is 6.92 Å². The van der Waals surface area contributed by atoms with Gasteiger partial charge in [-0.15, -0.1) is 0 Å². The fourth-order valence-corrected chi connectivity index (χ4v) is 1.11. The van der Waals surface area contributed by atoms with E-state index in [1.54, 1.807) is 11.2 Å². The van der Waals surface area contributed by atoms with Gasteiger partial charge in [-0.1, -0.05) is 0 Å². The third kappa shape index (κ3) is 1.85. The van der Waals surface area contributed by atoms with E-state index in [9.17, 15) is 4.79 Å². The summed E-state index contributed by atoms with van der Waals surface area (Å²) >= 11 is 0. The maximum atomic E-state index is 10.8. The van der Waals surface area contributed by atoms with Gasteiger partial charge in [-0.05, 0) is 6.92 Å². The van der Waals surface area contributed by atoms with Gasteiger partial charge in [0.2, 0.25) is 5.95 Å². The highest BCUT2D eigenvalue weighted by molar-refractivity contribution is 5.95. The quantitative estimate of drug-likeness (QED) is 0.696. The highest BCUT2D eigenvalue weighted by Crippen LogP contribution is 2.09. The summed E-state index contributed by atoms with van der Waals surface area (Å²) in [6.45, 7) is 2.24. The molecule has 0 fully saturated rings. The summed E-state index contributed by atoms with van der Waals surface area (Å²) in [6, 6.07) is 0. The number of primary amides is 1. The van der Waals surface area contributed by atoms with Crippen molar-refractivity contribution in [1.82, 2.24) is 9.97 Å². The van der Waals surface area contributed by atoms with Crippen LogP contribution in [-0.2, 0) is 0 Å². The Hall–Kier alpha value is -2.18. The van der Waals surface area contributed by atoms with Crippen LogP contribution in [0.1, 0.15) is 17.4 Å². The van der Waals surface area contributed by atoms with E-state index < -0.39 is 5.91 Å². The molecule has 1 aromatic heterocycles. The normalized spacial score (nSPS) is 15.3. The van der Waals surface area contributed by atoms with Crippen LogP contribution >= 0.6 is 0 Å². The number of nitrogens with one attached hydrogen (secondary N) is 1. The van der Waals surface area contributed by atoms with Crippen LogP contribution in [0.4, 0.5) is 5.95 Å². The second-order valence-corrected chi connectivity index (χ2v) is 3.05. The Balaban J connectivity index is 2.18. The highest BCUT2D eigenvalue weighted by Gasteiger charge is 2.12. The van der Waals surface area contributed by atoms with Crippen LogP contribution in [-0.4, -0.2) is 34.7 Å². The Morgan fingerprint density at radius 2 is 2.47 bits per heavy atom. The smallest absolute Gasteiger partial charge is 0.266 e. The molecule has 1 aliphatic rings. The molecule has 0 spiro atoms. The number of H-pyrrole nitrogens is 1. The molecule has 0 saturated carbocycles. The Morgan fingerprint density at radius 3 is 3.00 bits per heavy atom. The molecule has 0 aliphatic carbocycles. The van der Waals surface area contributed by atoms with Crippen LogP contribution in [0.3, 0.4) is 0 Å². The molecule has 15 heavy (non-hydrogen) atoms. The van der Waals surface area contributed by atoms with Gasteiger partial charge in [0.1, 0.15) is 24.5 Å². The molecule has 0 saturated heterocycles. The molecule has 0 radical (unpaired) electrons. The van der Waals surface area contributed by atoms with Gasteiger partial charge in [0, 0.05) is 0 Å². The molecule has 1 aliphatic heterocycles. The van der Waals surface area contributed by atoms with Gasteiger partial charge in [-0.2, -0.15) is 0 Å². The Bertz CT molecular complexity index is 446. The first-order valence-electron chi connectivity index (χ1n) is 4.33. The average molecular weight is 206 g/mol. The number of aromatic amines is 1. The molecule has 7 nitrogen and oxygen atoms in total. The van der Waals surface area contributed by atoms with Crippen molar-refractivity contribution in [3.8, 4) is 0 Å². The number of hydrogen-bond acceptors (Lipinski definition) is 5. The van der Waals surface area contributed by atoms with Crippen LogP contribution in [0.15, 0.2) is 16.2 Å². The van der Waals surface area contributed by atoms with E-state index in [0.29, 0.717) is 18.5 Å². The van der Waals surface area contributed by atoms with Gasteiger partial charge in [-0.25, -0.2) is 15.0 Å². The van der Waals surface area contributed by atoms with Gasteiger partial charge in [0.25, 0.3) is 5.91 Å². The van der Waals surface area contributed by atoms with E-state index in [-0.39, 0.29) is 5.69 Å². The number of nitrogens with two attached hydrogens (primary N) is 1. The van der Waals surface area contributed by atoms with Crippen LogP contribution in [0.5, 0.6) is 0 Å². The first-order chi connectivity index (χ1) is 7.16. The molecule has 3 N–H and O–H groups in total. The molecule has 0 unspecified atom stereocenters. The van der Waals surface area contributed by atoms with Crippen LogP contribution in [0.25, 0.3) is 0 Å². The maximum Gasteiger partial charge on any atom is 0.266 e. The SMILES string of the molecule is CC1=NCN(c2ncc(C(N)=O)[nH]2)C=N1. The minimum atomic E-state index is -0.539. The Kier molecular flexibility index (Phi) is 2.20. The number of carbonyl (C=O) groups is 1. The molecular weight excluding hydrogens is 196 g/mol. The summed E-state index contributed by atoms with van der Waals surface area (Å²) in [4.78, 5) is 27.4.